The zero-order valence-corrected chi connectivity index (χ0v) is 11.0. The van der Waals surface area contributed by atoms with Crippen LogP contribution in [0.4, 0.5) is 5.69 Å². The Morgan fingerprint density at radius 2 is 2.33 bits per heavy atom. The molecular formula is C14H20N2O2. The molecule has 0 aromatic heterocycles. The number of amides is 1. The Morgan fingerprint density at radius 3 is 2.94 bits per heavy atom. The molecule has 1 aromatic rings. The average molecular weight is 248 g/mol. The van der Waals surface area contributed by atoms with E-state index in [4.69, 9.17) is 4.74 Å². The van der Waals surface area contributed by atoms with E-state index in [2.05, 4.69) is 10.6 Å². The quantitative estimate of drug-likeness (QED) is 0.854. The summed E-state index contributed by atoms with van der Waals surface area (Å²) in [5.41, 5.74) is 2.88. The Hall–Kier alpha value is -1.55. The molecule has 0 radical (unpaired) electrons. The monoisotopic (exact) mass is 248 g/mol. The van der Waals surface area contributed by atoms with E-state index in [1.165, 1.54) is 0 Å². The molecule has 0 saturated carbocycles. The fourth-order valence-electron chi connectivity index (χ4n) is 2.15. The second-order valence-electron chi connectivity index (χ2n) is 4.72. The molecule has 0 bridgehead atoms. The molecule has 18 heavy (non-hydrogen) atoms. The summed E-state index contributed by atoms with van der Waals surface area (Å²) in [5, 5.41) is 6.06. The third-order valence-electron chi connectivity index (χ3n) is 3.32. The first kappa shape index (κ1) is 12.9. The highest BCUT2D eigenvalue weighted by atomic mass is 16.5. The van der Waals surface area contributed by atoms with E-state index in [1.807, 2.05) is 25.1 Å². The van der Waals surface area contributed by atoms with Gasteiger partial charge in [-0.3, -0.25) is 4.79 Å². The average Bonchev–Trinajstić information content (AvgIpc) is 2.89. The highest BCUT2D eigenvalue weighted by Gasteiger charge is 2.15. The van der Waals surface area contributed by atoms with E-state index in [-0.39, 0.29) is 5.91 Å². The number of carbonyl (C=O) groups is 1. The van der Waals surface area contributed by atoms with Crippen LogP contribution >= 0.6 is 0 Å². The molecular weight excluding hydrogens is 228 g/mol. The molecule has 1 amide bonds. The SMILES string of the molecule is CNC(=O)c1ccc(NCC2CCOC2)c(C)c1. The minimum absolute atomic E-state index is 0.0474. The Balaban J connectivity index is 1.98. The second-order valence-corrected chi connectivity index (χ2v) is 4.72. The lowest BCUT2D eigenvalue weighted by molar-refractivity contribution is 0.0963. The standard InChI is InChI=1S/C14H20N2O2/c1-10-7-12(14(17)15-2)3-4-13(10)16-8-11-5-6-18-9-11/h3-4,7,11,16H,5-6,8-9H2,1-2H3,(H,15,17). The van der Waals surface area contributed by atoms with E-state index >= 15 is 0 Å². The van der Waals surface area contributed by atoms with Crippen molar-refractivity contribution in [1.82, 2.24) is 5.32 Å². The van der Waals surface area contributed by atoms with Crippen molar-refractivity contribution in [2.75, 3.05) is 32.1 Å². The molecule has 1 heterocycles. The van der Waals surface area contributed by atoms with Gasteiger partial charge in [0.1, 0.15) is 0 Å². The minimum Gasteiger partial charge on any atom is -0.384 e. The highest BCUT2D eigenvalue weighted by Crippen LogP contribution is 2.19. The second kappa shape index (κ2) is 5.87. The summed E-state index contributed by atoms with van der Waals surface area (Å²) in [7, 11) is 1.64. The third kappa shape index (κ3) is 3.01. The van der Waals surface area contributed by atoms with Crippen LogP contribution in [-0.2, 0) is 4.74 Å². The summed E-state index contributed by atoms with van der Waals surface area (Å²) in [6.45, 7) is 4.67. The van der Waals surface area contributed by atoms with E-state index < -0.39 is 0 Å². The Kier molecular flexibility index (Phi) is 4.20. The van der Waals surface area contributed by atoms with E-state index in [0.717, 1.165) is 37.4 Å². The van der Waals surface area contributed by atoms with Crippen LogP contribution in [0.3, 0.4) is 0 Å². The lowest BCUT2D eigenvalue weighted by Crippen LogP contribution is -2.18. The zero-order chi connectivity index (χ0) is 13.0. The van der Waals surface area contributed by atoms with Crippen molar-refractivity contribution in [2.24, 2.45) is 5.92 Å². The number of nitrogens with one attached hydrogen (secondary N) is 2. The topological polar surface area (TPSA) is 50.4 Å². The van der Waals surface area contributed by atoms with Gasteiger partial charge in [0.2, 0.25) is 0 Å². The molecule has 4 nitrogen and oxygen atoms in total. The first-order valence-electron chi connectivity index (χ1n) is 6.35. The van der Waals surface area contributed by atoms with Crippen molar-refractivity contribution < 1.29 is 9.53 Å². The van der Waals surface area contributed by atoms with Crippen LogP contribution in [0.15, 0.2) is 18.2 Å². The van der Waals surface area contributed by atoms with Crippen LogP contribution in [0, 0.1) is 12.8 Å². The molecule has 2 N–H and O–H groups in total. The molecule has 2 rings (SSSR count). The van der Waals surface area contributed by atoms with Gasteiger partial charge in [-0.15, -0.1) is 0 Å². The van der Waals surface area contributed by atoms with Crippen LogP contribution in [-0.4, -0.2) is 32.7 Å². The molecule has 1 atom stereocenters. The van der Waals surface area contributed by atoms with Crippen LogP contribution in [0.2, 0.25) is 0 Å². The number of hydrogen-bond acceptors (Lipinski definition) is 3. The zero-order valence-electron chi connectivity index (χ0n) is 11.0. The summed E-state index contributed by atoms with van der Waals surface area (Å²) in [6.07, 6.45) is 1.13. The van der Waals surface area contributed by atoms with Crippen molar-refractivity contribution in [2.45, 2.75) is 13.3 Å². The molecule has 1 aliphatic heterocycles. The Morgan fingerprint density at radius 1 is 1.50 bits per heavy atom. The van der Waals surface area contributed by atoms with Crippen LogP contribution in [0.25, 0.3) is 0 Å². The number of benzene rings is 1. The smallest absolute Gasteiger partial charge is 0.251 e. The van der Waals surface area contributed by atoms with Crippen molar-refractivity contribution in [1.29, 1.82) is 0 Å². The molecule has 1 aromatic carbocycles. The maximum Gasteiger partial charge on any atom is 0.251 e. The summed E-state index contributed by atoms with van der Waals surface area (Å²) in [4.78, 5) is 11.5. The molecule has 1 unspecified atom stereocenters. The number of ether oxygens (including phenoxy) is 1. The maximum atomic E-state index is 11.5. The van der Waals surface area contributed by atoms with Crippen molar-refractivity contribution in [3.8, 4) is 0 Å². The lowest BCUT2D eigenvalue weighted by atomic mass is 10.1. The minimum atomic E-state index is -0.0474. The van der Waals surface area contributed by atoms with Gasteiger partial charge in [0.15, 0.2) is 0 Å². The summed E-state index contributed by atoms with van der Waals surface area (Å²) in [6, 6.07) is 5.72. The predicted octanol–water partition coefficient (Wildman–Crippen LogP) is 1.80. The van der Waals surface area contributed by atoms with Crippen molar-refractivity contribution in [3.63, 3.8) is 0 Å². The van der Waals surface area contributed by atoms with Gasteiger partial charge in [0.25, 0.3) is 5.91 Å². The number of carbonyl (C=O) groups excluding carboxylic acids is 1. The molecule has 0 aliphatic carbocycles. The van der Waals surface area contributed by atoms with Gasteiger partial charge in [0, 0.05) is 37.4 Å². The Bertz CT molecular complexity index is 426. The van der Waals surface area contributed by atoms with Gasteiger partial charge in [-0.1, -0.05) is 0 Å². The van der Waals surface area contributed by atoms with E-state index in [1.54, 1.807) is 7.05 Å². The van der Waals surface area contributed by atoms with E-state index in [0.29, 0.717) is 11.5 Å². The number of anilines is 1. The summed E-state index contributed by atoms with van der Waals surface area (Å²) >= 11 is 0. The largest absolute Gasteiger partial charge is 0.384 e. The first-order chi connectivity index (χ1) is 8.70. The fraction of sp³-hybridized carbons (Fsp3) is 0.500. The first-order valence-corrected chi connectivity index (χ1v) is 6.35. The van der Waals surface area contributed by atoms with Gasteiger partial charge in [0.05, 0.1) is 6.61 Å². The highest BCUT2D eigenvalue weighted by molar-refractivity contribution is 5.94. The molecule has 1 aliphatic rings. The fourth-order valence-corrected chi connectivity index (χ4v) is 2.15. The van der Waals surface area contributed by atoms with Crippen LogP contribution in [0.1, 0.15) is 22.3 Å². The summed E-state index contributed by atoms with van der Waals surface area (Å²) in [5.74, 6) is 0.553. The summed E-state index contributed by atoms with van der Waals surface area (Å²) < 4.78 is 5.35. The Labute approximate surface area is 108 Å². The third-order valence-corrected chi connectivity index (χ3v) is 3.32. The van der Waals surface area contributed by atoms with Crippen molar-refractivity contribution in [3.05, 3.63) is 29.3 Å². The molecule has 1 fully saturated rings. The molecule has 4 heteroatoms. The molecule has 0 spiro atoms. The van der Waals surface area contributed by atoms with Gasteiger partial charge in [-0.05, 0) is 37.1 Å². The normalized spacial score (nSPS) is 18.7. The van der Waals surface area contributed by atoms with Gasteiger partial charge < -0.3 is 15.4 Å². The van der Waals surface area contributed by atoms with E-state index in [9.17, 15) is 4.79 Å². The van der Waals surface area contributed by atoms with Gasteiger partial charge in [-0.2, -0.15) is 0 Å². The predicted molar refractivity (Wildman–Crippen MR) is 72.0 cm³/mol. The van der Waals surface area contributed by atoms with Gasteiger partial charge >= 0.3 is 0 Å². The van der Waals surface area contributed by atoms with Gasteiger partial charge in [-0.25, -0.2) is 0 Å². The maximum absolute atomic E-state index is 11.5. The number of rotatable bonds is 4. The van der Waals surface area contributed by atoms with Crippen LogP contribution in [0.5, 0.6) is 0 Å². The van der Waals surface area contributed by atoms with Crippen LogP contribution < -0.4 is 10.6 Å². The lowest BCUT2D eigenvalue weighted by Gasteiger charge is -2.13. The molecule has 98 valence electrons. The van der Waals surface area contributed by atoms with Crippen molar-refractivity contribution >= 4 is 11.6 Å². The molecule has 1 saturated heterocycles. The number of aryl methyl sites for hydroxylation is 1. The number of hydrogen-bond donors (Lipinski definition) is 2.